The molecule has 2 aromatic rings. The van der Waals surface area contributed by atoms with Gasteiger partial charge in [-0.15, -0.1) is 0 Å². The first-order chi connectivity index (χ1) is 18.3. The number of hydrogen-bond acceptors (Lipinski definition) is 8. The van der Waals surface area contributed by atoms with Crippen LogP contribution in [0.3, 0.4) is 0 Å². The van der Waals surface area contributed by atoms with Crippen LogP contribution in [0.15, 0.2) is 59.5 Å². The van der Waals surface area contributed by atoms with Crippen LogP contribution in [-0.2, 0) is 5.41 Å². The summed E-state index contributed by atoms with van der Waals surface area (Å²) in [6, 6.07) is 12.2. The van der Waals surface area contributed by atoms with Crippen molar-refractivity contribution in [2.45, 2.75) is 70.2 Å². The third-order valence-electron chi connectivity index (χ3n) is 7.49. The van der Waals surface area contributed by atoms with Gasteiger partial charge in [-0.3, -0.25) is 4.79 Å². The fraction of sp³-hybridized carbons (Fsp3) is 0.483. The zero-order valence-corrected chi connectivity index (χ0v) is 22.5. The first-order valence-electron chi connectivity index (χ1n) is 13.6. The van der Waals surface area contributed by atoms with E-state index in [0.29, 0.717) is 29.7 Å². The highest BCUT2D eigenvalue weighted by Crippen LogP contribution is 2.25. The van der Waals surface area contributed by atoms with Crippen molar-refractivity contribution in [2.24, 2.45) is 4.99 Å². The normalized spacial score (nSPS) is 25.2. The number of aliphatic hydroxyl groups is 1. The molecule has 38 heavy (non-hydrogen) atoms. The quantitative estimate of drug-likeness (QED) is 0.414. The van der Waals surface area contributed by atoms with Crippen LogP contribution < -0.4 is 21.5 Å². The summed E-state index contributed by atoms with van der Waals surface area (Å²) in [5, 5.41) is 17.2. The van der Waals surface area contributed by atoms with Crippen LogP contribution in [0.5, 0.6) is 0 Å². The lowest BCUT2D eigenvalue weighted by Crippen LogP contribution is -2.55. The predicted molar refractivity (Wildman–Crippen MR) is 149 cm³/mol. The fourth-order valence-corrected chi connectivity index (χ4v) is 5.21. The Kier molecular flexibility index (Phi) is 7.78. The van der Waals surface area contributed by atoms with E-state index in [4.69, 9.17) is 0 Å². The van der Waals surface area contributed by atoms with Crippen molar-refractivity contribution in [1.82, 2.24) is 31.4 Å². The topological polar surface area (TPSA) is 114 Å². The molecule has 9 nitrogen and oxygen atoms in total. The first-order valence-corrected chi connectivity index (χ1v) is 13.6. The van der Waals surface area contributed by atoms with Gasteiger partial charge in [-0.2, -0.15) is 0 Å². The molecule has 202 valence electrons. The van der Waals surface area contributed by atoms with Crippen LogP contribution in [0.25, 0.3) is 0 Å². The Morgan fingerprint density at radius 2 is 1.95 bits per heavy atom. The summed E-state index contributed by atoms with van der Waals surface area (Å²) >= 11 is 0. The van der Waals surface area contributed by atoms with E-state index in [1.54, 1.807) is 0 Å². The average molecular weight is 518 g/mol. The number of rotatable bonds is 5. The van der Waals surface area contributed by atoms with Gasteiger partial charge < -0.3 is 26.1 Å². The molecule has 1 aromatic carbocycles. The second-order valence-electron chi connectivity index (χ2n) is 11.4. The van der Waals surface area contributed by atoms with Crippen LogP contribution in [0, 0.1) is 0 Å². The number of hydrazine groups is 1. The molecular formula is C29H39N7O2. The van der Waals surface area contributed by atoms with Gasteiger partial charge in [0.25, 0.3) is 5.91 Å². The maximum Gasteiger partial charge on any atom is 0.251 e. The van der Waals surface area contributed by atoms with Crippen LogP contribution in [0.2, 0.25) is 0 Å². The number of aliphatic hydroxyl groups excluding tert-OH is 1. The summed E-state index contributed by atoms with van der Waals surface area (Å²) in [7, 11) is 0. The highest BCUT2D eigenvalue weighted by Gasteiger charge is 2.27. The van der Waals surface area contributed by atoms with Gasteiger partial charge in [0.1, 0.15) is 5.82 Å². The number of carbonyl (C=O) groups excluding carboxylic acids is 1. The van der Waals surface area contributed by atoms with Gasteiger partial charge in [-0.05, 0) is 67.0 Å². The lowest BCUT2D eigenvalue weighted by Gasteiger charge is -2.38. The molecule has 9 heteroatoms. The molecule has 5 N–H and O–H groups in total. The van der Waals surface area contributed by atoms with Crippen molar-refractivity contribution >= 4 is 17.4 Å². The largest absolute Gasteiger partial charge is 0.371 e. The Labute approximate surface area is 224 Å². The molecule has 0 bridgehead atoms. The van der Waals surface area contributed by atoms with E-state index in [0.717, 1.165) is 38.2 Å². The molecule has 4 heterocycles. The second kappa shape index (κ2) is 11.2. The highest BCUT2D eigenvalue weighted by atomic mass is 16.3. The maximum atomic E-state index is 12.9. The molecule has 0 aliphatic carbocycles. The van der Waals surface area contributed by atoms with Crippen LogP contribution >= 0.6 is 0 Å². The molecule has 0 radical (unpaired) electrons. The zero-order valence-electron chi connectivity index (χ0n) is 22.5. The molecule has 3 aliphatic heterocycles. The van der Waals surface area contributed by atoms with Crippen molar-refractivity contribution in [3.8, 4) is 0 Å². The Hall–Kier alpha value is -3.27. The third kappa shape index (κ3) is 6.23. The third-order valence-corrected chi connectivity index (χ3v) is 7.49. The van der Waals surface area contributed by atoms with Gasteiger partial charge in [0, 0.05) is 43.0 Å². The number of benzene rings is 1. The van der Waals surface area contributed by atoms with E-state index in [1.807, 2.05) is 42.6 Å². The fourth-order valence-electron chi connectivity index (χ4n) is 5.21. The summed E-state index contributed by atoms with van der Waals surface area (Å²) in [6.45, 7) is 9.04. The molecule has 2 fully saturated rings. The smallest absolute Gasteiger partial charge is 0.251 e. The minimum Gasteiger partial charge on any atom is -0.371 e. The number of nitrogens with one attached hydrogen (secondary N) is 4. The van der Waals surface area contributed by atoms with Gasteiger partial charge in [-0.25, -0.2) is 15.4 Å². The number of likely N-dealkylation sites (tertiary alicyclic amines) is 1. The Morgan fingerprint density at radius 1 is 1.13 bits per heavy atom. The number of aliphatic imine (C=N–C) groups is 1. The predicted octanol–water partition coefficient (Wildman–Crippen LogP) is 3.04. The van der Waals surface area contributed by atoms with Gasteiger partial charge in [0.05, 0.1) is 5.71 Å². The highest BCUT2D eigenvalue weighted by molar-refractivity contribution is 6.00. The Balaban J connectivity index is 1.23. The Bertz CT molecular complexity index is 1180. The van der Waals surface area contributed by atoms with Gasteiger partial charge >= 0.3 is 0 Å². The van der Waals surface area contributed by atoms with Crippen LogP contribution in [0.4, 0.5) is 5.82 Å². The van der Waals surface area contributed by atoms with Gasteiger partial charge in [-0.1, -0.05) is 39.0 Å². The lowest BCUT2D eigenvalue weighted by atomic mass is 9.86. The van der Waals surface area contributed by atoms with Crippen LogP contribution in [-0.4, -0.2) is 58.5 Å². The number of aromatic nitrogens is 1. The van der Waals surface area contributed by atoms with Gasteiger partial charge in [0.15, 0.2) is 12.0 Å². The summed E-state index contributed by atoms with van der Waals surface area (Å²) < 4.78 is 0. The minimum atomic E-state index is -0.951. The number of piperidine rings is 1. The molecular weight excluding hydrogens is 478 g/mol. The monoisotopic (exact) mass is 517 g/mol. The van der Waals surface area contributed by atoms with E-state index in [9.17, 15) is 9.90 Å². The van der Waals surface area contributed by atoms with E-state index in [-0.39, 0.29) is 17.4 Å². The molecule has 3 aliphatic rings. The molecule has 0 spiro atoms. The number of amides is 1. The molecule has 0 saturated carbocycles. The number of pyridine rings is 1. The number of hydrogen-bond donors (Lipinski definition) is 5. The minimum absolute atomic E-state index is 0.0203. The lowest BCUT2D eigenvalue weighted by molar-refractivity contribution is 0.0908. The van der Waals surface area contributed by atoms with E-state index in [2.05, 4.69) is 63.2 Å². The van der Waals surface area contributed by atoms with Crippen molar-refractivity contribution in [3.05, 3.63) is 71.2 Å². The SMILES string of the molecule is CC(C)(C)c1ccc(C(=O)N[C@@H]2CCCN(C3=CC(=Nc4ccc(C5CCCN5)cn4)C(O)NN3)C2)cc1. The van der Waals surface area contributed by atoms with Crippen molar-refractivity contribution in [2.75, 3.05) is 19.6 Å². The van der Waals surface area contributed by atoms with E-state index < -0.39 is 6.23 Å². The second-order valence-corrected chi connectivity index (χ2v) is 11.4. The molecule has 2 unspecified atom stereocenters. The molecule has 3 atom stereocenters. The standard InChI is InChI=1S/C29H39N7O2/c1-29(2,3)21-11-8-19(9-12-21)27(37)32-22-6-5-15-36(18-22)26-16-24(28(38)35-34-26)33-25-13-10-20(17-31-25)23-7-4-14-30-23/h8-13,16-17,22-23,28,30,34-35,38H,4-7,14-15,18H2,1-3H3,(H,32,37)/t22-,23?,28?/m1/s1. The summed E-state index contributed by atoms with van der Waals surface area (Å²) in [4.78, 5) is 24.2. The first kappa shape index (κ1) is 26.3. The van der Waals surface area contributed by atoms with E-state index in [1.165, 1.54) is 17.5 Å². The molecule has 2 saturated heterocycles. The average Bonchev–Trinajstić information content (AvgIpc) is 3.45. The Morgan fingerprint density at radius 3 is 2.63 bits per heavy atom. The van der Waals surface area contributed by atoms with E-state index >= 15 is 0 Å². The summed E-state index contributed by atoms with van der Waals surface area (Å²) in [5.74, 6) is 1.32. The number of carbonyl (C=O) groups is 1. The van der Waals surface area contributed by atoms with Crippen molar-refractivity contribution < 1.29 is 9.90 Å². The summed E-state index contributed by atoms with van der Waals surface area (Å²) in [5.41, 5.74) is 9.57. The van der Waals surface area contributed by atoms with Crippen LogP contribution in [0.1, 0.15) is 74.0 Å². The summed E-state index contributed by atoms with van der Waals surface area (Å²) in [6.07, 6.45) is 6.93. The van der Waals surface area contributed by atoms with Gasteiger partial charge in [0.2, 0.25) is 0 Å². The molecule has 1 amide bonds. The zero-order chi connectivity index (χ0) is 26.7. The van der Waals surface area contributed by atoms with Crippen molar-refractivity contribution in [1.29, 1.82) is 0 Å². The molecule has 5 rings (SSSR count). The maximum absolute atomic E-state index is 12.9. The molecule has 1 aromatic heterocycles. The number of nitrogens with zero attached hydrogens (tertiary/aromatic N) is 3. The van der Waals surface area contributed by atoms with Crippen molar-refractivity contribution in [3.63, 3.8) is 0 Å².